The van der Waals surface area contributed by atoms with E-state index in [1.807, 2.05) is 0 Å². The summed E-state index contributed by atoms with van der Waals surface area (Å²) < 4.78 is 101. The Bertz CT molecular complexity index is 496. The number of anilines is 1. The van der Waals surface area contributed by atoms with Crippen molar-refractivity contribution >= 4 is 17.3 Å². The van der Waals surface area contributed by atoms with E-state index in [4.69, 9.17) is 17.3 Å². The molecule has 0 radical (unpaired) electrons. The number of nitrogen functional groups attached to an aromatic ring is 1. The van der Waals surface area contributed by atoms with E-state index >= 15 is 0 Å². The van der Waals surface area contributed by atoms with Gasteiger partial charge in [0.2, 0.25) is 0 Å². The molecular formula is C9H4ClF8N. The summed E-state index contributed by atoms with van der Waals surface area (Å²) in [5.41, 5.74) is 2.15. The Morgan fingerprint density at radius 2 is 1.42 bits per heavy atom. The molecule has 0 aliphatic rings. The van der Waals surface area contributed by atoms with Crippen LogP contribution in [-0.4, -0.2) is 12.1 Å². The van der Waals surface area contributed by atoms with E-state index in [9.17, 15) is 35.1 Å². The highest BCUT2D eigenvalue weighted by Crippen LogP contribution is 2.53. The molecule has 19 heavy (non-hydrogen) atoms. The van der Waals surface area contributed by atoms with E-state index in [-0.39, 0.29) is 6.07 Å². The molecule has 1 nitrogen and oxygen atoms in total. The molecule has 0 spiro atoms. The first-order chi connectivity index (χ1) is 8.32. The topological polar surface area (TPSA) is 26.0 Å². The lowest BCUT2D eigenvalue weighted by atomic mass is 10.0. The van der Waals surface area contributed by atoms with Crippen molar-refractivity contribution in [3.05, 3.63) is 28.5 Å². The quantitative estimate of drug-likeness (QED) is 0.637. The molecule has 0 atom stereocenters. The number of alkyl halides is 7. The van der Waals surface area contributed by atoms with Crippen molar-refractivity contribution in [1.29, 1.82) is 0 Å². The predicted octanol–water partition coefficient (Wildman–Crippen LogP) is 4.35. The highest BCUT2D eigenvalue weighted by Gasteiger charge is 2.74. The van der Waals surface area contributed by atoms with Gasteiger partial charge in [-0.05, 0) is 12.1 Å². The highest BCUT2D eigenvalue weighted by molar-refractivity contribution is 6.31. The molecule has 0 aliphatic carbocycles. The summed E-state index contributed by atoms with van der Waals surface area (Å²) in [5.74, 6) is -13.7. The van der Waals surface area contributed by atoms with Crippen LogP contribution in [0.1, 0.15) is 5.56 Å². The Balaban J connectivity index is 3.48. The van der Waals surface area contributed by atoms with Crippen molar-refractivity contribution in [3.8, 4) is 0 Å². The summed E-state index contributed by atoms with van der Waals surface area (Å²) in [6.07, 6.45) is -6.53. The van der Waals surface area contributed by atoms with Crippen LogP contribution in [0.5, 0.6) is 0 Å². The van der Waals surface area contributed by atoms with Gasteiger partial charge >= 0.3 is 18.0 Å². The molecule has 0 saturated carbocycles. The molecule has 108 valence electrons. The Labute approximate surface area is 105 Å². The largest absolute Gasteiger partial charge is 0.460 e. The minimum absolute atomic E-state index is 0.253. The van der Waals surface area contributed by atoms with Crippen molar-refractivity contribution < 1.29 is 35.1 Å². The summed E-state index contributed by atoms with van der Waals surface area (Å²) in [6.45, 7) is 0. The van der Waals surface area contributed by atoms with Gasteiger partial charge in [-0.25, -0.2) is 4.39 Å². The number of rotatable bonds is 2. The van der Waals surface area contributed by atoms with Gasteiger partial charge in [0.1, 0.15) is 5.82 Å². The normalized spacial score (nSPS) is 13.7. The van der Waals surface area contributed by atoms with Crippen LogP contribution in [0.25, 0.3) is 0 Å². The second-order valence-corrected chi connectivity index (χ2v) is 3.91. The summed E-state index contributed by atoms with van der Waals surface area (Å²) in [4.78, 5) is 0. The van der Waals surface area contributed by atoms with Crippen molar-refractivity contribution in [3.63, 3.8) is 0 Å². The lowest BCUT2D eigenvalue weighted by Crippen LogP contribution is -2.50. The van der Waals surface area contributed by atoms with Gasteiger partial charge in [0.15, 0.2) is 0 Å². The van der Waals surface area contributed by atoms with E-state index in [1.165, 1.54) is 0 Å². The Morgan fingerprint density at radius 3 is 1.84 bits per heavy atom. The first-order valence-electron chi connectivity index (χ1n) is 4.39. The second-order valence-electron chi connectivity index (χ2n) is 3.50. The Kier molecular flexibility index (Phi) is 3.66. The van der Waals surface area contributed by atoms with Crippen LogP contribution in [-0.2, 0) is 5.92 Å². The van der Waals surface area contributed by atoms with Gasteiger partial charge in [-0.15, -0.1) is 0 Å². The molecule has 2 N–H and O–H groups in total. The second kappa shape index (κ2) is 4.39. The smallest absolute Gasteiger partial charge is 0.396 e. The van der Waals surface area contributed by atoms with Crippen LogP contribution in [0.15, 0.2) is 12.1 Å². The number of nitrogens with two attached hydrogens (primary N) is 1. The minimum Gasteiger partial charge on any atom is -0.396 e. The zero-order valence-electron chi connectivity index (χ0n) is 8.63. The van der Waals surface area contributed by atoms with Gasteiger partial charge in [-0.1, -0.05) is 11.6 Å². The summed E-state index contributed by atoms with van der Waals surface area (Å²) in [6, 6.07) is 0.0733. The SMILES string of the molecule is Nc1cc(Cl)c(C(F)(F)C(F)(F)C(F)(F)F)cc1F. The van der Waals surface area contributed by atoms with Crippen LogP contribution in [0.4, 0.5) is 40.8 Å². The van der Waals surface area contributed by atoms with E-state index in [0.717, 1.165) is 0 Å². The molecule has 0 aromatic heterocycles. The predicted molar refractivity (Wildman–Crippen MR) is 50.7 cm³/mol. The maximum atomic E-state index is 13.2. The van der Waals surface area contributed by atoms with Gasteiger partial charge in [0.25, 0.3) is 0 Å². The summed E-state index contributed by atoms with van der Waals surface area (Å²) in [7, 11) is 0. The average Bonchev–Trinajstić information content (AvgIpc) is 2.21. The molecule has 1 rings (SSSR count). The number of halogens is 9. The zero-order valence-corrected chi connectivity index (χ0v) is 9.39. The molecule has 0 unspecified atom stereocenters. The fraction of sp³-hybridized carbons (Fsp3) is 0.333. The lowest BCUT2D eigenvalue weighted by Gasteiger charge is -2.29. The molecule has 0 saturated heterocycles. The Morgan fingerprint density at radius 1 is 0.947 bits per heavy atom. The van der Waals surface area contributed by atoms with Crippen molar-refractivity contribution in [1.82, 2.24) is 0 Å². The van der Waals surface area contributed by atoms with Gasteiger partial charge in [-0.2, -0.15) is 30.7 Å². The lowest BCUT2D eigenvalue weighted by molar-refractivity contribution is -0.359. The van der Waals surface area contributed by atoms with E-state index in [2.05, 4.69) is 0 Å². The molecule has 0 amide bonds. The van der Waals surface area contributed by atoms with Crippen molar-refractivity contribution in [2.75, 3.05) is 5.73 Å². The molecule has 0 fully saturated rings. The third kappa shape index (κ3) is 2.43. The fourth-order valence-corrected chi connectivity index (χ4v) is 1.44. The molecular weight excluding hydrogens is 310 g/mol. The highest BCUT2D eigenvalue weighted by atomic mass is 35.5. The zero-order chi connectivity index (χ0) is 15.2. The standard InChI is InChI=1S/C9H4ClF8N/c10-4-2-6(19)5(11)1-3(4)7(12,13)8(14,15)9(16,17)18/h1-2H,19H2. The molecule has 0 heterocycles. The third-order valence-electron chi connectivity index (χ3n) is 2.17. The van der Waals surface area contributed by atoms with E-state index in [1.54, 1.807) is 0 Å². The monoisotopic (exact) mass is 313 g/mol. The maximum absolute atomic E-state index is 13.2. The Hall–Kier alpha value is -1.25. The first kappa shape index (κ1) is 15.8. The average molecular weight is 314 g/mol. The van der Waals surface area contributed by atoms with Crippen molar-refractivity contribution in [2.45, 2.75) is 18.0 Å². The van der Waals surface area contributed by atoms with Gasteiger partial charge in [0.05, 0.1) is 10.7 Å². The minimum atomic E-state index is -6.53. The fourth-order valence-electron chi connectivity index (χ4n) is 1.15. The first-order valence-corrected chi connectivity index (χ1v) is 4.77. The van der Waals surface area contributed by atoms with Gasteiger partial charge in [-0.3, -0.25) is 0 Å². The van der Waals surface area contributed by atoms with Crippen LogP contribution >= 0.6 is 11.6 Å². The molecule has 0 aliphatic heterocycles. The van der Waals surface area contributed by atoms with Crippen LogP contribution in [0, 0.1) is 5.82 Å². The van der Waals surface area contributed by atoms with Gasteiger partial charge < -0.3 is 5.73 Å². The number of hydrogen-bond acceptors (Lipinski definition) is 1. The molecule has 1 aromatic rings. The number of hydrogen-bond donors (Lipinski definition) is 1. The summed E-state index contributed by atoms with van der Waals surface area (Å²) in [5, 5.41) is -1.20. The van der Waals surface area contributed by atoms with Crippen LogP contribution < -0.4 is 5.73 Å². The van der Waals surface area contributed by atoms with Crippen molar-refractivity contribution in [2.24, 2.45) is 0 Å². The molecule has 0 bridgehead atoms. The van der Waals surface area contributed by atoms with E-state index < -0.39 is 40.1 Å². The van der Waals surface area contributed by atoms with Crippen LogP contribution in [0.3, 0.4) is 0 Å². The van der Waals surface area contributed by atoms with E-state index in [0.29, 0.717) is 6.07 Å². The molecule has 1 aromatic carbocycles. The third-order valence-corrected chi connectivity index (χ3v) is 2.49. The molecule has 10 heteroatoms. The summed E-state index contributed by atoms with van der Waals surface area (Å²) >= 11 is 5.11. The van der Waals surface area contributed by atoms with Gasteiger partial charge in [0, 0.05) is 5.56 Å². The maximum Gasteiger partial charge on any atom is 0.460 e. The van der Waals surface area contributed by atoms with Crippen LogP contribution in [0.2, 0.25) is 5.02 Å². The number of benzene rings is 1.